The molecule has 1 aromatic carbocycles. The van der Waals surface area contributed by atoms with Crippen LogP contribution in [0.1, 0.15) is 12.8 Å². The first-order valence-electron chi connectivity index (χ1n) is 7.91. The van der Waals surface area contributed by atoms with E-state index in [1.54, 1.807) is 6.07 Å². The Morgan fingerprint density at radius 1 is 1.11 bits per heavy atom. The number of nitrogens with zero attached hydrogens (tertiary/aromatic N) is 5. The van der Waals surface area contributed by atoms with Crippen LogP contribution in [0.5, 0.6) is 0 Å². The molecule has 3 aromatic rings. The molecule has 0 saturated heterocycles. The minimum atomic E-state index is -3.48. The molecule has 9 nitrogen and oxygen atoms in total. The maximum absolute atomic E-state index is 12.3. The summed E-state index contributed by atoms with van der Waals surface area (Å²) < 4.78 is 25.8. The van der Waals surface area contributed by atoms with Crippen LogP contribution in [0, 0.1) is 0 Å². The SMILES string of the molecule is O=C(CCCS(=O)(=O)c1ccc(Cl)cc1)Nc1ncnn1-c1ncccn1. The zero-order valence-electron chi connectivity index (χ0n) is 14.0. The molecule has 0 radical (unpaired) electrons. The fraction of sp³-hybridized carbons (Fsp3) is 0.188. The van der Waals surface area contributed by atoms with Crippen molar-refractivity contribution in [2.45, 2.75) is 17.7 Å². The molecule has 11 heteroatoms. The lowest BCUT2D eigenvalue weighted by Crippen LogP contribution is -2.18. The van der Waals surface area contributed by atoms with Crippen molar-refractivity contribution in [3.63, 3.8) is 0 Å². The van der Waals surface area contributed by atoms with Crippen LogP contribution in [0.25, 0.3) is 5.95 Å². The number of rotatable bonds is 7. The van der Waals surface area contributed by atoms with Gasteiger partial charge in [-0.25, -0.2) is 18.4 Å². The van der Waals surface area contributed by atoms with Gasteiger partial charge in [-0.05, 0) is 36.8 Å². The lowest BCUT2D eigenvalue weighted by molar-refractivity contribution is -0.116. The number of halogens is 1. The standard InChI is InChI=1S/C16H15ClN6O3S/c17-12-4-6-13(7-5-12)27(25,26)10-1-3-14(24)22-16-20-11-21-23(16)15-18-8-2-9-19-15/h2,4-9,11H,1,3,10H2,(H,20,21,22,24). The second kappa shape index (κ2) is 8.23. The summed E-state index contributed by atoms with van der Waals surface area (Å²) in [6.45, 7) is 0. The average molecular weight is 407 g/mol. The molecule has 0 aliphatic heterocycles. The molecule has 1 N–H and O–H groups in total. The zero-order chi connectivity index (χ0) is 19.3. The van der Waals surface area contributed by atoms with E-state index < -0.39 is 9.84 Å². The highest BCUT2D eigenvalue weighted by Gasteiger charge is 2.16. The first kappa shape index (κ1) is 18.9. The van der Waals surface area contributed by atoms with E-state index in [2.05, 4.69) is 25.4 Å². The van der Waals surface area contributed by atoms with E-state index in [-0.39, 0.29) is 41.3 Å². The van der Waals surface area contributed by atoms with Gasteiger partial charge in [0.15, 0.2) is 9.84 Å². The topological polar surface area (TPSA) is 120 Å². The highest BCUT2D eigenvalue weighted by atomic mass is 35.5. The average Bonchev–Trinajstić information content (AvgIpc) is 3.10. The first-order valence-corrected chi connectivity index (χ1v) is 9.94. The van der Waals surface area contributed by atoms with Gasteiger partial charge in [0.25, 0.3) is 5.95 Å². The highest BCUT2D eigenvalue weighted by Crippen LogP contribution is 2.16. The zero-order valence-corrected chi connectivity index (χ0v) is 15.6. The predicted octanol–water partition coefficient (Wildman–Crippen LogP) is 1.90. The fourth-order valence-electron chi connectivity index (χ4n) is 2.24. The Morgan fingerprint density at radius 2 is 1.81 bits per heavy atom. The number of aromatic nitrogens is 5. The number of benzene rings is 1. The molecule has 0 fully saturated rings. The van der Waals surface area contributed by atoms with E-state index in [0.717, 1.165) is 0 Å². The van der Waals surface area contributed by atoms with Gasteiger partial charge in [-0.3, -0.25) is 10.1 Å². The molecule has 0 unspecified atom stereocenters. The number of carbonyl (C=O) groups is 1. The molecule has 2 heterocycles. The Hall–Kier alpha value is -2.85. The van der Waals surface area contributed by atoms with Gasteiger partial charge >= 0.3 is 0 Å². The van der Waals surface area contributed by atoms with Crippen molar-refractivity contribution in [2.75, 3.05) is 11.1 Å². The first-order chi connectivity index (χ1) is 13.0. The number of hydrogen-bond acceptors (Lipinski definition) is 7. The highest BCUT2D eigenvalue weighted by molar-refractivity contribution is 7.91. The molecule has 2 aromatic heterocycles. The van der Waals surface area contributed by atoms with Crippen molar-refractivity contribution in [2.24, 2.45) is 0 Å². The molecule has 0 bridgehead atoms. The third-order valence-corrected chi connectivity index (χ3v) is 5.60. The van der Waals surface area contributed by atoms with Crippen LogP contribution < -0.4 is 5.32 Å². The van der Waals surface area contributed by atoms with E-state index in [0.29, 0.717) is 5.02 Å². The van der Waals surface area contributed by atoms with Crippen molar-refractivity contribution in [1.82, 2.24) is 24.7 Å². The van der Waals surface area contributed by atoms with Crippen molar-refractivity contribution >= 4 is 33.3 Å². The lowest BCUT2D eigenvalue weighted by atomic mass is 10.3. The van der Waals surface area contributed by atoms with Crippen molar-refractivity contribution < 1.29 is 13.2 Å². The van der Waals surface area contributed by atoms with E-state index >= 15 is 0 Å². The number of anilines is 1. The molecule has 140 valence electrons. The van der Waals surface area contributed by atoms with Crippen LogP contribution in [0.2, 0.25) is 5.02 Å². The summed E-state index contributed by atoms with van der Waals surface area (Å²) >= 11 is 5.76. The number of amides is 1. The maximum Gasteiger partial charge on any atom is 0.253 e. The van der Waals surface area contributed by atoms with Crippen LogP contribution in [0.3, 0.4) is 0 Å². The minimum Gasteiger partial charge on any atom is -0.294 e. The monoisotopic (exact) mass is 406 g/mol. The van der Waals surface area contributed by atoms with Crippen LogP contribution >= 0.6 is 11.6 Å². The van der Waals surface area contributed by atoms with Crippen LogP contribution in [0.4, 0.5) is 5.95 Å². The van der Waals surface area contributed by atoms with Crippen molar-refractivity contribution in [3.05, 3.63) is 54.1 Å². The quantitative estimate of drug-likeness (QED) is 0.636. The normalized spacial score (nSPS) is 11.3. The summed E-state index contributed by atoms with van der Waals surface area (Å²) in [7, 11) is -3.48. The predicted molar refractivity (Wildman–Crippen MR) is 98.3 cm³/mol. The number of hydrogen-bond donors (Lipinski definition) is 1. The Morgan fingerprint density at radius 3 is 2.52 bits per heavy atom. The second-order valence-electron chi connectivity index (χ2n) is 5.47. The molecule has 0 aliphatic carbocycles. The molecule has 0 saturated carbocycles. The summed E-state index contributed by atoms with van der Waals surface area (Å²) in [4.78, 5) is 24.3. The van der Waals surface area contributed by atoms with Gasteiger partial charge in [0.1, 0.15) is 6.33 Å². The van der Waals surface area contributed by atoms with Crippen molar-refractivity contribution in [3.8, 4) is 5.95 Å². The summed E-state index contributed by atoms with van der Waals surface area (Å²) in [5, 5.41) is 7.00. The summed E-state index contributed by atoms with van der Waals surface area (Å²) in [6.07, 6.45) is 4.51. The van der Waals surface area contributed by atoms with E-state index in [4.69, 9.17) is 11.6 Å². The Kier molecular flexibility index (Phi) is 5.77. The van der Waals surface area contributed by atoms with Gasteiger partial charge in [0.2, 0.25) is 11.9 Å². The second-order valence-corrected chi connectivity index (χ2v) is 8.01. The van der Waals surface area contributed by atoms with Gasteiger partial charge in [-0.1, -0.05) is 11.6 Å². The molecular weight excluding hydrogens is 392 g/mol. The molecule has 1 amide bonds. The third kappa shape index (κ3) is 4.86. The number of nitrogens with one attached hydrogen (secondary N) is 1. The smallest absolute Gasteiger partial charge is 0.253 e. The fourth-order valence-corrected chi connectivity index (χ4v) is 3.68. The van der Waals surface area contributed by atoms with E-state index in [1.165, 1.54) is 47.7 Å². The maximum atomic E-state index is 12.3. The summed E-state index contributed by atoms with van der Waals surface area (Å²) in [5.41, 5.74) is 0. The molecule has 0 aliphatic rings. The van der Waals surface area contributed by atoms with Gasteiger partial charge < -0.3 is 0 Å². The van der Waals surface area contributed by atoms with Gasteiger partial charge in [0.05, 0.1) is 10.6 Å². The van der Waals surface area contributed by atoms with Gasteiger partial charge in [-0.2, -0.15) is 14.8 Å². The van der Waals surface area contributed by atoms with Gasteiger partial charge in [0, 0.05) is 23.8 Å². The van der Waals surface area contributed by atoms with Crippen LogP contribution in [0.15, 0.2) is 53.9 Å². The number of sulfone groups is 1. The van der Waals surface area contributed by atoms with Crippen molar-refractivity contribution in [1.29, 1.82) is 0 Å². The van der Waals surface area contributed by atoms with Crippen LogP contribution in [-0.2, 0) is 14.6 Å². The van der Waals surface area contributed by atoms with Crippen LogP contribution in [-0.4, -0.2) is 44.8 Å². The minimum absolute atomic E-state index is 0.00925. The largest absolute Gasteiger partial charge is 0.294 e. The Labute approximate surface area is 160 Å². The molecule has 3 rings (SSSR count). The molecule has 0 spiro atoms. The Balaban J connectivity index is 1.57. The third-order valence-electron chi connectivity index (χ3n) is 3.53. The van der Waals surface area contributed by atoms with E-state index in [1.807, 2.05) is 0 Å². The van der Waals surface area contributed by atoms with E-state index in [9.17, 15) is 13.2 Å². The van der Waals surface area contributed by atoms with Gasteiger partial charge in [-0.15, -0.1) is 0 Å². The Bertz CT molecular complexity index is 1020. The molecular formula is C16H15ClN6O3S. The lowest BCUT2D eigenvalue weighted by Gasteiger charge is -2.07. The molecule has 27 heavy (non-hydrogen) atoms. The summed E-state index contributed by atoms with van der Waals surface area (Å²) in [6, 6.07) is 7.57. The summed E-state index contributed by atoms with van der Waals surface area (Å²) in [5.74, 6) is -0.120. The number of carbonyl (C=O) groups excluding carboxylic acids is 1. The molecule has 0 atom stereocenters.